The highest BCUT2D eigenvalue weighted by Gasteiger charge is 2.30. The van der Waals surface area contributed by atoms with Crippen molar-refractivity contribution in [1.29, 1.82) is 0 Å². The molecule has 0 fully saturated rings. The normalized spacial score (nSPS) is 17.2. The topological polar surface area (TPSA) is 27.7 Å². The van der Waals surface area contributed by atoms with E-state index in [0.29, 0.717) is 29.4 Å². The van der Waals surface area contributed by atoms with Gasteiger partial charge < -0.3 is 14.2 Å². The Kier molecular flexibility index (Phi) is 6.44. The van der Waals surface area contributed by atoms with E-state index in [1.165, 1.54) is 12.5 Å². The van der Waals surface area contributed by atoms with E-state index < -0.39 is 17.5 Å². The van der Waals surface area contributed by atoms with Crippen molar-refractivity contribution in [3.63, 3.8) is 0 Å². The van der Waals surface area contributed by atoms with Crippen molar-refractivity contribution in [1.82, 2.24) is 0 Å². The molecule has 0 radical (unpaired) electrons. The van der Waals surface area contributed by atoms with Gasteiger partial charge in [-0.15, -0.1) is 0 Å². The lowest BCUT2D eigenvalue weighted by Gasteiger charge is -2.26. The van der Waals surface area contributed by atoms with Crippen LogP contribution >= 0.6 is 0 Å². The third kappa shape index (κ3) is 4.25. The molecule has 0 bridgehead atoms. The van der Waals surface area contributed by atoms with E-state index in [1.54, 1.807) is 19.1 Å². The summed E-state index contributed by atoms with van der Waals surface area (Å²) in [5, 5.41) is 0. The van der Waals surface area contributed by atoms with Crippen LogP contribution in [-0.2, 0) is 11.2 Å². The Morgan fingerprint density at radius 3 is 2.52 bits per heavy atom. The lowest BCUT2D eigenvalue weighted by Crippen LogP contribution is -2.15. The van der Waals surface area contributed by atoms with Gasteiger partial charge in [0.1, 0.15) is 5.76 Å². The van der Waals surface area contributed by atoms with Gasteiger partial charge in [-0.1, -0.05) is 32.3 Å². The molecule has 0 amide bonds. The molecule has 166 valence electrons. The maximum atomic E-state index is 14.9. The second-order valence-electron chi connectivity index (χ2n) is 8.10. The Bertz CT molecular complexity index is 1000. The number of halogens is 3. The monoisotopic (exact) mass is 432 g/mol. The van der Waals surface area contributed by atoms with Crippen molar-refractivity contribution in [2.45, 2.75) is 52.4 Å². The Balaban J connectivity index is 1.60. The van der Waals surface area contributed by atoms with Gasteiger partial charge in [0.25, 0.3) is 0 Å². The number of allylic oxidation sites excluding steroid dienone is 1. The molecule has 0 aliphatic carbocycles. The molecular weight excluding hydrogens is 405 g/mol. The Hall–Kier alpha value is -2.63. The van der Waals surface area contributed by atoms with E-state index >= 15 is 0 Å². The van der Waals surface area contributed by atoms with Crippen LogP contribution in [0.3, 0.4) is 0 Å². The molecule has 0 saturated heterocycles. The van der Waals surface area contributed by atoms with Gasteiger partial charge in [0.15, 0.2) is 23.1 Å². The van der Waals surface area contributed by atoms with Crippen molar-refractivity contribution in [3.05, 3.63) is 58.4 Å². The highest BCUT2D eigenvalue weighted by molar-refractivity contribution is 5.65. The number of rotatable bonds is 7. The minimum Gasteiger partial charge on any atom is -0.493 e. The fraction of sp³-hybridized carbons (Fsp3) is 0.440. The van der Waals surface area contributed by atoms with Gasteiger partial charge in [-0.2, -0.15) is 8.78 Å². The van der Waals surface area contributed by atoms with E-state index in [9.17, 15) is 13.2 Å². The first kappa shape index (κ1) is 21.6. The zero-order valence-electron chi connectivity index (χ0n) is 17.9. The maximum absolute atomic E-state index is 14.9. The SMILES string of the molecule is CCCCCC1CC=C(c2cc3c(c(F)c2F)Oc2c(ccc(OCC)c2F)C3)OC1. The van der Waals surface area contributed by atoms with Crippen LogP contribution in [0.25, 0.3) is 5.76 Å². The smallest absolute Gasteiger partial charge is 0.207 e. The quantitative estimate of drug-likeness (QED) is 0.371. The molecule has 4 rings (SSSR count). The van der Waals surface area contributed by atoms with E-state index in [4.69, 9.17) is 14.2 Å². The van der Waals surface area contributed by atoms with Gasteiger partial charge >= 0.3 is 0 Å². The predicted octanol–water partition coefficient (Wildman–Crippen LogP) is 7.16. The summed E-state index contributed by atoms with van der Waals surface area (Å²) in [4.78, 5) is 0. The molecule has 0 N–H and O–H groups in total. The molecule has 2 aliphatic rings. The van der Waals surface area contributed by atoms with Gasteiger partial charge in [-0.25, -0.2) is 4.39 Å². The lowest BCUT2D eigenvalue weighted by molar-refractivity contribution is 0.190. The summed E-state index contributed by atoms with van der Waals surface area (Å²) < 4.78 is 61.0. The summed E-state index contributed by atoms with van der Waals surface area (Å²) >= 11 is 0. The molecule has 2 aromatic carbocycles. The maximum Gasteiger partial charge on any atom is 0.207 e. The zero-order chi connectivity index (χ0) is 22.0. The van der Waals surface area contributed by atoms with Crippen LogP contribution in [0.2, 0.25) is 0 Å². The summed E-state index contributed by atoms with van der Waals surface area (Å²) in [6.07, 6.45) is 7.41. The molecule has 0 aromatic heterocycles. The van der Waals surface area contributed by atoms with Gasteiger partial charge in [-0.3, -0.25) is 0 Å². The standard InChI is InChI=1S/C25H27F3O3/c1-3-5-6-7-15-8-10-19(30-14-15)18-13-17-12-16-9-11-20(29-4-2)22(27)24(16)31-25(17)23(28)21(18)26/h9-11,13,15H,3-8,12,14H2,1-2H3. The van der Waals surface area contributed by atoms with Gasteiger partial charge in [0.05, 0.1) is 18.8 Å². The van der Waals surface area contributed by atoms with Crippen LogP contribution in [0, 0.1) is 23.4 Å². The number of unbranched alkanes of at least 4 members (excludes halogenated alkanes) is 2. The minimum atomic E-state index is -1.13. The molecule has 2 heterocycles. The second kappa shape index (κ2) is 9.25. The largest absolute Gasteiger partial charge is 0.493 e. The molecule has 2 aromatic rings. The third-order valence-electron chi connectivity index (χ3n) is 5.86. The van der Waals surface area contributed by atoms with Crippen molar-refractivity contribution < 1.29 is 27.4 Å². The zero-order valence-corrected chi connectivity index (χ0v) is 17.9. The molecule has 6 heteroatoms. The minimum absolute atomic E-state index is 0.0245. The second-order valence-corrected chi connectivity index (χ2v) is 8.10. The first-order chi connectivity index (χ1) is 15.0. The Labute approximate surface area is 180 Å². The molecule has 0 saturated carbocycles. The van der Waals surface area contributed by atoms with Crippen molar-refractivity contribution in [2.24, 2.45) is 5.92 Å². The number of hydrogen-bond donors (Lipinski definition) is 0. The molecule has 31 heavy (non-hydrogen) atoms. The first-order valence-electron chi connectivity index (χ1n) is 11.0. The summed E-state index contributed by atoms with van der Waals surface area (Å²) in [6.45, 7) is 4.68. The highest BCUT2D eigenvalue weighted by Crippen LogP contribution is 2.44. The highest BCUT2D eigenvalue weighted by atomic mass is 19.2. The number of fused-ring (bicyclic) bond motifs is 2. The average Bonchev–Trinajstić information content (AvgIpc) is 2.78. The van der Waals surface area contributed by atoms with Crippen LogP contribution in [-0.4, -0.2) is 13.2 Å². The lowest BCUT2D eigenvalue weighted by atomic mass is 9.93. The first-order valence-corrected chi connectivity index (χ1v) is 11.0. The molecule has 1 unspecified atom stereocenters. The Morgan fingerprint density at radius 2 is 1.81 bits per heavy atom. The van der Waals surface area contributed by atoms with E-state index in [-0.39, 0.29) is 35.8 Å². The fourth-order valence-corrected chi connectivity index (χ4v) is 4.16. The summed E-state index contributed by atoms with van der Waals surface area (Å²) in [7, 11) is 0. The van der Waals surface area contributed by atoms with Crippen molar-refractivity contribution in [2.75, 3.05) is 13.2 Å². The van der Waals surface area contributed by atoms with Crippen molar-refractivity contribution in [3.8, 4) is 17.2 Å². The third-order valence-corrected chi connectivity index (χ3v) is 5.86. The predicted molar refractivity (Wildman–Crippen MR) is 113 cm³/mol. The van der Waals surface area contributed by atoms with Crippen LogP contribution in [0.15, 0.2) is 24.3 Å². The number of benzene rings is 2. The number of hydrogen-bond acceptors (Lipinski definition) is 3. The molecule has 1 atom stereocenters. The molecular formula is C25H27F3O3. The number of ether oxygens (including phenoxy) is 3. The molecule has 0 spiro atoms. The summed E-state index contributed by atoms with van der Waals surface area (Å²) in [5.41, 5.74) is 1.10. The molecule has 2 aliphatic heterocycles. The van der Waals surface area contributed by atoms with Crippen LogP contribution in [0.1, 0.15) is 62.6 Å². The van der Waals surface area contributed by atoms with E-state index in [2.05, 4.69) is 6.92 Å². The van der Waals surface area contributed by atoms with Crippen LogP contribution in [0.5, 0.6) is 17.2 Å². The van der Waals surface area contributed by atoms with E-state index in [1.807, 2.05) is 6.08 Å². The average molecular weight is 432 g/mol. The van der Waals surface area contributed by atoms with Gasteiger partial charge in [0.2, 0.25) is 11.6 Å². The van der Waals surface area contributed by atoms with E-state index in [0.717, 1.165) is 25.7 Å². The fourth-order valence-electron chi connectivity index (χ4n) is 4.16. The van der Waals surface area contributed by atoms with Crippen LogP contribution < -0.4 is 9.47 Å². The van der Waals surface area contributed by atoms with Gasteiger partial charge in [-0.05, 0) is 43.9 Å². The van der Waals surface area contributed by atoms with Crippen molar-refractivity contribution >= 4 is 5.76 Å². The summed E-state index contributed by atoms with van der Waals surface area (Å²) in [5.74, 6) is -2.50. The Morgan fingerprint density at radius 1 is 1.00 bits per heavy atom. The summed E-state index contributed by atoms with van der Waals surface area (Å²) in [6, 6.07) is 4.76. The van der Waals surface area contributed by atoms with Crippen LogP contribution in [0.4, 0.5) is 13.2 Å². The molecule has 3 nitrogen and oxygen atoms in total. The van der Waals surface area contributed by atoms with Gasteiger partial charge in [0, 0.05) is 17.5 Å².